The fourth-order valence-electron chi connectivity index (χ4n) is 2.26. The minimum Gasteiger partial charge on any atom is -0.410 e. The van der Waals surface area contributed by atoms with Gasteiger partial charge in [0.25, 0.3) is 11.1 Å². The third-order valence-electron chi connectivity index (χ3n) is 3.74. The number of thiophene rings is 1. The molecule has 5 nitrogen and oxygen atoms in total. The van der Waals surface area contributed by atoms with Crippen LogP contribution < -0.4 is 5.32 Å². The lowest BCUT2D eigenvalue weighted by molar-refractivity contribution is -0.120. The van der Waals surface area contributed by atoms with E-state index >= 15 is 0 Å². The van der Waals surface area contributed by atoms with Crippen LogP contribution in [0.15, 0.2) is 57.5 Å². The van der Waals surface area contributed by atoms with Crippen molar-refractivity contribution in [3.63, 3.8) is 0 Å². The minimum atomic E-state index is -0.306. The van der Waals surface area contributed by atoms with Gasteiger partial charge in [0.2, 0.25) is 5.91 Å². The molecule has 0 saturated heterocycles. The summed E-state index contributed by atoms with van der Waals surface area (Å²) in [4.78, 5) is 13.2. The van der Waals surface area contributed by atoms with Crippen molar-refractivity contribution in [1.82, 2.24) is 15.5 Å². The number of amides is 1. The van der Waals surface area contributed by atoms with E-state index in [1.54, 1.807) is 0 Å². The van der Waals surface area contributed by atoms with Crippen LogP contribution in [0.3, 0.4) is 0 Å². The van der Waals surface area contributed by atoms with Gasteiger partial charge in [-0.3, -0.25) is 4.79 Å². The van der Waals surface area contributed by atoms with Gasteiger partial charge in [0.15, 0.2) is 0 Å². The standard InChI is InChI=1S/C18H19N3O2S2/c1-12(14-7-4-3-5-8-14)11-19-16(22)13(2)25-18-21-20-17(23-18)15-9-6-10-24-15/h3-10,12-13H,11H2,1-2H3,(H,19,22). The summed E-state index contributed by atoms with van der Waals surface area (Å²) in [6.07, 6.45) is 0. The molecule has 3 aromatic rings. The maximum atomic E-state index is 12.3. The van der Waals surface area contributed by atoms with Crippen molar-refractivity contribution in [2.24, 2.45) is 0 Å². The summed E-state index contributed by atoms with van der Waals surface area (Å²) in [5, 5.41) is 13.1. The fraction of sp³-hybridized carbons (Fsp3) is 0.278. The molecule has 0 spiro atoms. The quantitative estimate of drug-likeness (QED) is 0.629. The number of aromatic nitrogens is 2. The Morgan fingerprint density at radius 2 is 2.00 bits per heavy atom. The van der Waals surface area contributed by atoms with Gasteiger partial charge >= 0.3 is 0 Å². The maximum Gasteiger partial charge on any atom is 0.277 e. The molecule has 1 aromatic carbocycles. The number of carbonyl (C=O) groups excluding carboxylic acids is 1. The smallest absolute Gasteiger partial charge is 0.277 e. The molecule has 130 valence electrons. The lowest BCUT2D eigenvalue weighted by atomic mass is 10.0. The maximum absolute atomic E-state index is 12.3. The van der Waals surface area contributed by atoms with E-state index in [4.69, 9.17) is 4.42 Å². The summed E-state index contributed by atoms with van der Waals surface area (Å²) in [6, 6.07) is 14.0. The first-order chi connectivity index (χ1) is 12.1. The van der Waals surface area contributed by atoms with E-state index in [0.29, 0.717) is 17.7 Å². The van der Waals surface area contributed by atoms with Crippen LogP contribution in [0.4, 0.5) is 0 Å². The molecule has 0 aliphatic rings. The second-order valence-corrected chi connectivity index (χ2v) is 7.91. The Morgan fingerprint density at radius 3 is 2.72 bits per heavy atom. The largest absolute Gasteiger partial charge is 0.410 e. The molecular weight excluding hydrogens is 354 g/mol. The number of rotatable bonds is 7. The zero-order valence-corrected chi connectivity index (χ0v) is 15.6. The van der Waals surface area contributed by atoms with E-state index in [1.807, 2.05) is 42.6 Å². The summed E-state index contributed by atoms with van der Waals surface area (Å²) in [5.74, 6) is 0.711. The van der Waals surface area contributed by atoms with Crippen molar-refractivity contribution in [3.05, 3.63) is 53.4 Å². The molecule has 3 rings (SSSR count). The monoisotopic (exact) mass is 373 g/mol. The summed E-state index contributed by atoms with van der Waals surface area (Å²) >= 11 is 2.81. The molecule has 2 atom stereocenters. The van der Waals surface area contributed by atoms with Gasteiger partial charge in [0.1, 0.15) is 0 Å². The molecular formula is C18H19N3O2S2. The number of nitrogens with zero attached hydrogens (tertiary/aromatic N) is 2. The van der Waals surface area contributed by atoms with Crippen LogP contribution in [0.25, 0.3) is 10.8 Å². The summed E-state index contributed by atoms with van der Waals surface area (Å²) in [7, 11) is 0. The van der Waals surface area contributed by atoms with Gasteiger partial charge in [0, 0.05) is 6.54 Å². The van der Waals surface area contributed by atoms with Gasteiger partial charge < -0.3 is 9.73 Å². The third kappa shape index (κ3) is 4.70. The van der Waals surface area contributed by atoms with E-state index in [0.717, 1.165) is 4.88 Å². The molecule has 2 aromatic heterocycles. The lowest BCUT2D eigenvalue weighted by Crippen LogP contribution is -2.33. The van der Waals surface area contributed by atoms with Gasteiger partial charge in [-0.05, 0) is 29.9 Å². The molecule has 2 unspecified atom stereocenters. The molecule has 0 saturated carbocycles. The molecule has 7 heteroatoms. The number of hydrogen-bond acceptors (Lipinski definition) is 6. The van der Waals surface area contributed by atoms with Crippen molar-refractivity contribution in [2.75, 3.05) is 6.54 Å². The first kappa shape index (κ1) is 17.7. The first-order valence-corrected chi connectivity index (χ1v) is 9.76. The molecule has 0 aliphatic carbocycles. The first-order valence-electron chi connectivity index (χ1n) is 8.00. The molecule has 0 radical (unpaired) electrons. The molecule has 1 amide bonds. The van der Waals surface area contributed by atoms with Gasteiger partial charge in [0.05, 0.1) is 10.1 Å². The molecule has 0 fully saturated rings. The number of benzene rings is 1. The van der Waals surface area contributed by atoms with E-state index in [9.17, 15) is 4.79 Å². The normalized spacial score (nSPS) is 13.4. The van der Waals surface area contributed by atoms with Crippen LogP contribution in [-0.2, 0) is 4.79 Å². The average Bonchev–Trinajstić information content (AvgIpc) is 3.31. The van der Waals surface area contributed by atoms with Crippen LogP contribution in [0.5, 0.6) is 0 Å². The van der Waals surface area contributed by atoms with Crippen molar-refractivity contribution in [3.8, 4) is 10.8 Å². The number of thioether (sulfide) groups is 1. The topological polar surface area (TPSA) is 68.0 Å². The van der Waals surface area contributed by atoms with Gasteiger partial charge in [-0.2, -0.15) is 0 Å². The van der Waals surface area contributed by atoms with Crippen molar-refractivity contribution in [2.45, 2.75) is 30.2 Å². The van der Waals surface area contributed by atoms with Crippen molar-refractivity contribution >= 4 is 29.0 Å². The Labute approximate surface area is 154 Å². The van der Waals surface area contributed by atoms with E-state index in [-0.39, 0.29) is 17.1 Å². The summed E-state index contributed by atoms with van der Waals surface area (Å²) in [6.45, 7) is 4.53. The van der Waals surface area contributed by atoms with Gasteiger partial charge in [-0.15, -0.1) is 21.5 Å². The molecule has 0 bridgehead atoms. The highest BCUT2D eigenvalue weighted by Gasteiger charge is 2.19. The highest BCUT2D eigenvalue weighted by atomic mass is 32.2. The Hall–Kier alpha value is -2.12. The molecule has 2 heterocycles. The Kier molecular flexibility index (Phi) is 5.88. The van der Waals surface area contributed by atoms with Gasteiger partial charge in [-0.25, -0.2) is 0 Å². The lowest BCUT2D eigenvalue weighted by Gasteiger charge is -2.15. The van der Waals surface area contributed by atoms with Crippen LogP contribution in [-0.4, -0.2) is 27.9 Å². The molecule has 0 aliphatic heterocycles. The fourth-order valence-corrected chi connectivity index (χ4v) is 3.61. The predicted octanol–water partition coefficient (Wildman–Crippen LogP) is 4.20. The Morgan fingerprint density at radius 1 is 1.20 bits per heavy atom. The van der Waals surface area contributed by atoms with E-state index in [2.05, 4.69) is 34.6 Å². The molecule has 25 heavy (non-hydrogen) atoms. The van der Waals surface area contributed by atoms with E-state index < -0.39 is 0 Å². The highest BCUT2D eigenvalue weighted by Crippen LogP contribution is 2.28. The third-order valence-corrected chi connectivity index (χ3v) is 5.53. The predicted molar refractivity (Wildman–Crippen MR) is 101 cm³/mol. The Bertz CT molecular complexity index is 803. The molecule has 1 N–H and O–H groups in total. The zero-order valence-electron chi connectivity index (χ0n) is 14.0. The Balaban J connectivity index is 1.51. The number of carbonyl (C=O) groups is 1. The summed E-state index contributed by atoms with van der Waals surface area (Å²) < 4.78 is 5.61. The van der Waals surface area contributed by atoms with Crippen LogP contribution in [0.1, 0.15) is 25.3 Å². The number of hydrogen-bond donors (Lipinski definition) is 1. The van der Waals surface area contributed by atoms with Crippen molar-refractivity contribution in [1.29, 1.82) is 0 Å². The summed E-state index contributed by atoms with van der Waals surface area (Å²) in [5.41, 5.74) is 1.21. The van der Waals surface area contributed by atoms with Crippen LogP contribution >= 0.6 is 23.1 Å². The average molecular weight is 374 g/mol. The SMILES string of the molecule is CC(Sc1nnc(-c2cccs2)o1)C(=O)NCC(C)c1ccccc1. The zero-order chi connectivity index (χ0) is 17.6. The minimum absolute atomic E-state index is 0.0383. The second-order valence-electron chi connectivity index (χ2n) is 5.67. The van der Waals surface area contributed by atoms with Gasteiger partial charge in [-0.1, -0.05) is 55.1 Å². The highest BCUT2D eigenvalue weighted by molar-refractivity contribution is 8.00. The number of nitrogens with one attached hydrogen (secondary N) is 1. The van der Waals surface area contributed by atoms with E-state index in [1.165, 1.54) is 28.7 Å². The van der Waals surface area contributed by atoms with Crippen molar-refractivity contribution < 1.29 is 9.21 Å². The second kappa shape index (κ2) is 8.31. The van der Waals surface area contributed by atoms with Crippen LogP contribution in [0.2, 0.25) is 0 Å². The van der Waals surface area contributed by atoms with Crippen LogP contribution in [0, 0.1) is 0 Å².